The van der Waals surface area contributed by atoms with Crippen LogP contribution in [-0.2, 0) is 20.8 Å². The minimum atomic E-state index is -0.690. The number of urea groups is 1. The molecule has 2 unspecified atom stereocenters. The standard InChI is InChI=1S/C22H30N6O5/c1-12-15(19(31)25-13(2)24-12)8-17(29)23-10-14-9-22(6-3-7-22)11-28(14)18(30)5-4-16-20(32)27-21(33)26-16/h14,16H,3-11H2,1-2H3,(H,23,29)(H,24,25,31)(H2,26,27,32,33). The maximum Gasteiger partial charge on any atom is 0.322 e. The molecular formula is C22H30N6O5. The fourth-order valence-electron chi connectivity index (χ4n) is 5.17. The Bertz CT molecular complexity index is 1050. The first-order chi connectivity index (χ1) is 15.7. The second-order valence-corrected chi connectivity index (χ2v) is 9.48. The van der Waals surface area contributed by atoms with Crippen LogP contribution in [0.3, 0.4) is 0 Å². The predicted octanol–water partition coefficient (Wildman–Crippen LogP) is -0.195. The Kier molecular flexibility index (Phi) is 6.22. The molecule has 3 aliphatic rings. The van der Waals surface area contributed by atoms with Gasteiger partial charge in [-0.25, -0.2) is 9.78 Å². The number of aromatic nitrogens is 2. The van der Waals surface area contributed by atoms with Crippen molar-refractivity contribution in [1.29, 1.82) is 0 Å². The van der Waals surface area contributed by atoms with E-state index in [0.717, 1.165) is 25.7 Å². The van der Waals surface area contributed by atoms with Crippen LogP contribution in [0.5, 0.6) is 0 Å². The molecule has 1 spiro atoms. The molecule has 0 bridgehead atoms. The van der Waals surface area contributed by atoms with Gasteiger partial charge in [0.15, 0.2) is 0 Å². The molecule has 33 heavy (non-hydrogen) atoms. The normalized spacial score (nSPS) is 23.3. The number of carbonyl (C=O) groups is 4. The number of rotatable bonds is 7. The number of H-pyrrole nitrogens is 1. The van der Waals surface area contributed by atoms with E-state index in [1.807, 2.05) is 4.90 Å². The number of likely N-dealkylation sites (tertiary alicyclic amines) is 1. The summed E-state index contributed by atoms with van der Waals surface area (Å²) in [6.07, 6.45) is 4.39. The average molecular weight is 459 g/mol. The lowest BCUT2D eigenvalue weighted by molar-refractivity contribution is -0.133. The van der Waals surface area contributed by atoms with Crippen LogP contribution in [0.15, 0.2) is 4.79 Å². The number of imide groups is 1. The molecule has 1 aromatic heterocycles. The lowest BCUT2D eigenvalue weighted by atomic mass is 9.67. The molecule has 4 N–H and O–H groups in total. The topological polar surface area (TPSA) is 153 Å². The van der Waals surface area contributed by atoms with Gasteiger partial charge in [0, 0.05) is 36.8 Å². The van der Waals surface area contributed by atoms with Gasteiger partial charge in [0.1, 0.15) is 11.9 Å². The summed E-state index contributed by atoms with van der Waals surface area (Å²) in [7, 11) is 0. The van der Waals surface area contributed by atoms with Gasteiger partial charge in [-0.1, -0.05) is 6.42 Å². The number of amides is 5. The minimum Gasteiger partial charge on any atom is -0.354 e. The number of aryl methyl sites for hydroxylation is 2. The van der Waals surface area contributed by atoms with Crippen LogP contribution in [0.2, 0.25) is 0 Å². The molecule has 0 aromatic carbocycles. The molecule has 2 aliphatic heterocycles. The summed E-state index contributed by atoms with van der Waals surface area (Å²) in [5.41, 5.74) is 0.660. The third-order valence-electron chi connectivity index (χ3n) is 7.07. The Morgan fingerprint density at radius 2 is 1.97 bits per heavy atom. The number of hydrogen-bond donors (Lipinski definition) is 4. The van der Waals surface area contributed by atoms with Crippen LogP contribution < -0.4 is 21.5 Å². The van der Waals surface area contributed by atoms with Crippen molar-refractivity contribution in [3.05, 3.63) is 27.4 Å². The van der Waals surface area contributed by atoms with Gasteiger partial charge in [-0.15, -0.1) is 0 Å². The van der Waals surface area contributed by atoms with Gasteiger partial charge < -0.3 is 20.5 Å². The van der Waals surface area contributed by atoms with Gasteiger partial charge in [0.2, 0.25) is 11.8 Å². The number of nitrogens with zero attached hydrogens (tertiary/aromatic N) is 2. The predicted molar refractivity (Wildman–Crippen MR) is 117 cm³/mol. The summed E-state index contributed by atoms with van der Waals surface area (Å²) in [5, 5.41) is 7.58. The van der Waals surface area contributed by atoms with Crippen molar-refractivity contribution in [2.75, 3.05) is 13.1 Å². The van der Waals surface area contributed by atoms with E-state index in [4.69, 9.17) is 0 Å². The Hall–Kier alpha value is -3.24. The van der Waals surface area contributed by atoms with E-state index in [9.17, 15) is 24.0 Å². The third-order valence-corrected chi connectivity index (χ3v) is 7.07. The Balaban J connectivity index is 1.35. The quantitative estimate of drug-likeness (QED) is 0.415. The highest BCUT2D eigenvalue weighted by Gasteiger charge is 2.49. The molecule has 2 saturated heterocycles. The van der Waals surface area contributed by atoms with E-state index in [2.05, 4.69) is 25.9 Å². The second-order valence-electron chi connectivity index (χ2n) is 9.48. The molecular weight excluding hydrogens is 428 g/mol. The molecule has 3 fully saturated rings. The summed E-state index contributed by atoms with van der Waals surface area (Å²) in [6, 6.07) is -1.36. The van der Waals surface area contributed by atoms with Crippen LogP contribution in [0.1, 0.15) is 55.6 Å². The zero-order chi connectivity index (χ0) is 23.8. The summed E-state index contributed by atoms with van der Waals surface area (Å²) >= 11 is 0. The van der Waals surface area contributed by atoms with E-state index < -0.39 is 18.0 Å². The first kappa shape index (κ1) is 22.9. The van der Waals surface area contributed by atoms with Gasteiger partial charge in [-0.3, -0.25) is 24.5 Å². The van der Waals surface area contributed by atoms with E-state index >= 15 is 0 Å². The van der Waals surface area contributed by atoms with Gasteiger partial charge in [0.05, 0.1) is 6.42 Å². The second kappa shape index (κ2) is 8.95. The molecule has 1 aliphatic carbocycles. The van der Waals surface area contributed by atoms with Crippen LogP contribution in [0.4, 0.5) is 4.79 Å². The van der Waals surface area contributed by atoms with E-state index in [-0.39, 0.29) is 48.1 Å². The van der Waals surface area contributed by atoms with E-state index in [1.54, 1.807) is 13.8 Å². The summed E-state index contributed by atoms with van der Waals surface area (Å²) in [6.45, 7) is 4.35. The van der Waals surface area contributed by atoms with Crippen molar-refractivity contribution in [3.8, 4) is 0 Å². The molecule has 2 atom stereocenters. The highest BCUT2D eigenvalue weighted by molar-refractivity contribution is 6.04. The number of nitrogens with one attached hydrogen (secondary N) is 4. The smallest absolute Gasteiger partial charge is 0.322 e. The monoisotopic (exact) mass is 458 g/mol. The number of aromatic amines is 1. The number of carbonyl (C=O) groups excluding carboxylic acids is 4. The van der Waals surface area contributed by atoms with Crippen molar-refractivity contribution >= 4 is 23.8 Å². The molecule has 1 saturated carbocycles. The molecule has 4 rings (SSSR count). The van der Waals surface area contributed by atoms with Gasteiger partial charge in [-0.2, -0.15) is 0 Å². The Morgan fingerprint density at radius 1 is 1.21 bits per heavy atom. The third kappa shape index (κ3) is 4.91. The lowest BCUT2D eigenvalue weighted by Crippen LogP contribution is -2.44. The highest BCUT2D eigenvalue weighted by Crippen LogP contribution is 2.50. The summed E-state index contributed by atoms with van der Waals surface area (Å²) in [5.74, 6) is -0.282. The fourth-order valence-corrected chi connectivity index (χ4v) is 5.17. The van der Waals surface area contributed by atoms with Crippen LogP contribution >= 0.6 is 0 Å². The molecule has 1 aromatic rings. The molecule has 3 heterocycles. The molecule has 11 heteroatoms. The summed E-state index contributed by atoms with van der Waals surface area (Å²) < 4.78 is 0. The van der Waals surface area contributed by atoms with Gasteiger partial charge in [-0.05, 0) is 44.9 Å². The Labute approximate surface area is 191 Å². The van der Waals surface area contributed by atoms with E-state index in [1.165, 1.54) is 0 Å². The lowest BCUT2D eigenvalue weighted by Gasteiger charge is -2.37. The molecule has 178 valence electrons. The zero-order valence-corrected chi connectivity index (χ0v) is 19.0. The van der Waals surface area contributed by atoms with Gasteiger partial charge >= 0.3 is 6.03 Å². The van der Waals surface area contributed by atoms with E-state index in [0.29, 0.717) is 30.2 Å². The van der Waals surface area contributed by atoms with Crippen molar-refractivity contribution in [3.63, 3.8) is 0 Å². The zero-order valence-electron chi connectivity index (χ0n) is 19.0. The first-order valence-electron chi connectivity index (χ1n) is 11.4. The van der Waals surface area contributed by atoms with Crippen molar-refractivity contribution in [2.24, 2.45) is 5.41 Å². The molecule has 11 nitrogen and oxygen atoms in total. The molecule has 5 amide bonds. The SMILES string of the molecule is Cc1nc(C)c(CC(=O)NCC2CC3(CCC3)CN2C(=O)CCC2NC(=O)NC2=O)c(=O)[nH]1. The maximum absolute atomic E-state index is 13.0. The van der Waals surface area contributed by atoms with Crippen LogP contribution in [0, 0.1) is 19.3 Å². The fraction of sp³-hybridized carbons (Fsp3) is 0.636. The first-order valence-corrected chi connectivity index (χ1v) is 11.4. The molecule has 0 radical (unpaired) electrons. The number of hydrogen-bond acceptors (Lipinski definition) is 6. The van der Waals surface area contributed by atoms with Gasteiger partial charge in [0.25, 0.3) is 11.5 Å². The Morgan fingerprint density at radius 3 is 2.58 bits per heavy atom. The minimum absolute atomic E-state index is 0.0727. The van der Waals surface area contributed by atoms with Crippen LogP contribution in [-0.4, -0.2) is 63.8 Å². The highest BCUT2D eigenvalue weighted by atomic mass is 16.2. The van der Waals surface area contributed by atoms with Crippen LogP contribution in [0.25, 0.3) is 0 Å². The maximum atomic E-state index is 13.0. The van der Waals surface area contributed by atoms with Crippen molar-refractivity contribution in [1.82, 2.24) is 30.8 Å². The van der Waals surface area contributed by atoms with Crippen molar-refractivity contribution < 1.29 is 19.2 Å². The summed E-state index contributed by atoms with van der Waals surface area (Å²) in [4.78, 5) is 69.4. The largest absolute Gasteiger partial charge is 0.354 e. The average Bonchev–Trinajstić information content (AvgIpc) is 3.27. The van der Waals surface area contributed by atoms with Crippen molar-refractivity contribution in [2.45, 2.75) is 70.9 Å².